The van der Waals surface area contributed by atoms with Crippen LogP contribution in [0.25, 0.3) is 0 Å². The lowest BCUT2D eigenvalue weighted by molar-refractivity contribution is -0.122. The molecule has 0 aromatic heterocycles. The van der Waals surface area contributed by atoms with Crippen LogP contribution in [0.3, 0.4) is 0 Å². The molecule has 0 spiro atoms. The second kappa shape index (κ2) is 8.11. The van der Waals surface area contributed by atoms with Gasteiger partial charge in [0.1, 0.15) is 5.75 Å². The first kappa shape index (κ1) is 15.0. The quantitative estimate of drug-likeness (QED) is 0.810. The number of carbonyl (C=O) groups excluding carboxylic acids is 1. The topological polar surface area (TPSA) is 58.6 Å². The highest BCUT2D eigenvalue weighted by molar-refractivity contribution is 9.10. The number of ether oxygens (including phenoxy) is 1. The number of benzene rings is 1. The molecule has 0 radical (unpaired) electrons. The van der Waals surface area contributed by atoms with E-state index in [1.54, 1.807) is 0 Å². The summed E-state index contributed by atoms with van der Waals surface area (Å²) in [6, 6.07) is 7.46. The first-order valence-corrected chi connectivity index (χ1v) is 6.74. The van der Waals surface area contributed by atoms with E-state index in [9.17, 15) is 9.90 Å². The Morgan fingerprint density at radius 2 is 2.33 bits per heavy atom. The molecule has 0 bridgehead atoms. The maximum Gasteiger partial charge on any atom is 0.223 e. The van der Waals surface area contributed by atoms with Gasteiger partial charge in [-0.25, -0.2) is 0 Å². The van der Waals surface area contributed by atoms with Gasteiger partial charge in [0.15, 0.2) is 0 Å². The third kappa shape index (κ3) is 6.02. The fourth-order valence-electron chi connectivity index (χ4n) is 1.28. The fraction of sp³-hybridized carbons (Fsp3) is 0.462. The summed E-state index contributed by atoms with van der Waals surface area (Å²) in [5, 5.41) is 11.9. The Kier molecular flexibility index (Phi) is 6.75. The zero-order chi connectivity index (χ0) is 13.4. The van der Waals surface area contributed by atoms with E-state index in [0.29, 0.717) is 19.6 Å². The molecule has 1 atom stereocenters. The molecular formula is C13H18BrNO3. The molecule has 0 heterocycles. The van der Waals surface area contributed by atoms with E-state index in [4.69, 9.17) is 4.74 Å². The largest absolute Gasteiger partial charge is 0.493 e. The molecule has 5 heteroatoms. The van der Waals surface area contributed by atoms with Gasteiger partial charge >= 0.3 is 0 Å². The van der Waals surface area contributed by atoms with Gasteiger partial charge in [0.2, 0.25) is 5.91 Å². The minimum absolute atomic E-state index is 0.113. The molecule has 2 N–H and O–H groups in total. The molecule has 0 fully saturated rings. The van der Waals surface area contributed by atoms with Crippen LogP contribution in [0, 0.1) is 0 Å². The Morgan fingerprint density at radius 1 is 1.56 bits per heavy atom. The maximum atomic E-state index is 11.4. The SMILES string of the molecule is CCC(O)CNC(=O)CCOc1cccc(Br)c1. The second-order valence-electron chi connectivity index (χ2n) is 3.92. The Labute approximate surface area is 115 Å². The van der Waals surface area contributed by atoms with Crippen molar-refractivity contribution in [3.63, 3.8) is 0 Å². The minimum Gasteiger partial charge on any atom is -0.493 e. The highest BCUT2D eigenvalue weighted by atomic mass is 79.9. The van der Waals surface area contributed by atoms with Gasteiger partial charge in [-0.15, -0.1) is 0 Å². The molecule has 18 heavy (non-hydrogen) atoms. The number of aliphatic hydroxyl groups is 1. The summed E-state index contributed by atoms with van der Waals surface area (Å²) in [5.41, 5.74) is 0. The van der Waals surface area contributed by atoms with Crippen LogP contribution in [0.5, 0.6) is 5.75 Å². The third-order valence-corrected chi connectivity index (χ3v) is 2.89. The molecular weight excluding hydrogens is 298 g/mol. The van der Waals surface area contributed by atoms with Crippen LogP contribution >= 0.6 is 15.9 Å². The van der Waals surface area contributed by atoms with Crippen LogP contribution in [0.1, 0.15) is 19.8 Å². The minimum atomic E-state index is -0.472. The molecule has 1 aromatic rings. The number of rotatable bonds is 7. The van der Waals surface area contributed by atoms with Crippen molar-refractivity contribution in [2.24, 2.45) is 0 Å². The molecule has 4 nitrogen and oxygen atoms in total. The van der Waals surface area contributed by atoms with E-state index < -0.39 is 6.10 Å². The predicted molar refractivity (Wildman–Crippen MR) is 73.6 cm³/mol. The zero-order valence-corrected chi connectivity index (χ0v) is 11.9. The van der Waals surface area contributed by atoms with Gasteiger partial charge in [-0.1, -0.05) is 28.9 Å². The van der Waals surface area contributed by atoms with Gasteiger partial charge in [-0.2, -0.15) is 0 Å². The fourth-order valence-corrected chi connectivity index (χ4v) is 1.66. The molecule has 1 aromatic carbocycles. The van der Waals surface area contributed by atoms with Gasteiger partial charge in [0.05, 0.1) is 19.1 Å². The summed E-state index contributed by atoms with van der Waals surface area (Å²) in [5.74, 6) is 0.614. The highest BCUT2D eigenvalue weighted by Crippen LogP contribution is 2.17. The van der Waals surface area contributed by atoms with E-state index in [2.05, 4.69) is 21.2 Å². The van der Waals surface area contributed by atoms with E-state index in [-0.39, 0.29) is 12.3 Å². The molecule has 0 aliphatic heterocycles. The van der Waals surface area contributed by atoms with Crippen molar-refractivity contribution in [3.8, 4) is 5.75 Å². The number of carbonyl (C=O) groups is 1. The van der Waals surface area contributed by atoms with Crippen LogP contribution in [-0.4, -0.2) is 30.3 Å². The highest BCUT2D eigenvalue weighted by Gasteiger charge is 2.05. The molecule has 0 saturated heterocycles. The van der Waals surface area contributed by atoms with E-state index >= 15 is 0 Å². The lowest BCUT2D eigenvalue weighted by Crippen LogP contribution is -2.32. The number of aliphatic hydroxyl groups excluding tert-OH is 1. The smallest absolute Gasteiger partial charge is 0.223 e. The first-order chi connectivity index (χ1) is 8.61. The lowest BCUT2D eigenvalue weighted by Gasteiger charge is -2.10. The van der Waals surface area contributed by atoms with Crippen molar-refractivity contribution in [1.29, 1.82) is 0 Å². The third-order valence-electron chi connectivity index (χ3n) is 2.40. The number of nitrogens with one attached hydrogen (secondary N) is 1. The van der Waals surface area contributed by atoms with Crippen LogP contribution in [0.4, 0.5) is 0 Å². The van der Waals surface area contributed by atoms with Crippen molar-refractivity contribution >= 4 is 21.8 Å². The Hall–Kier alpha value is -1.07. The summed E-state index contributed by atoms with van der Waals surface area (Å²) in [6.45, 7) is 2.49. The monoisotopic (exact) mass is 315 g/mol. The second-order valence-corrected chi connectivity index (χ2v) is 4.84. The average molecular weight is 316 g/mol. The lowest BCUT2D eigenvalue weighted by atomic mass is 10.3. The normalized spacial score (nSPS) is 11.9. The Morgan fingerprint density at radius 3 is 3.00 bits per heavy atom. The zero-order valence-electron chi connectivity index (χ0n) is 10.4. The van der Waals surface area contributed by atoms with Gasteiger partial charge in [-0.3, -0.25) is 4.79 Å². The van der Waals surface area contributed by atoms with E-state index in [1.807, 2.05) is 31.2 Å². The van der Waals surface area contributed by atoms with Gasteiger partial charge in [0, 0.05) is 11.0 Å². The molecule has 0 aliphatic carbocycles. The molecule has 1 rings (SSSR count). The Bertz CT molecular complexity index is 384. The van der Waals surface area contributed by atoms with Crippen LogP contribution in [0.15, 0.2) is 28.7 Å². The maximum absolute atomic E-state index is 11.4. The molecule has 100 valence electrons. The summed E-state index contributed by atoms with van der Waals surface area (Å²) in [7, 11) is 0. The number of hydrogen-bond acceptors (Lipinski definition) is 3. The van der Waals surface area contributed by atoms with Crippen molar-refractivity contribution in [2.45, 2.75) is 25.9 Å². The van der Waals surface area contributed by atoms with Crippen LogP contribution in [0.2, 0.25) is 0 Å². The van der Waals surface area contributed by atoms with Crippen molar-refractivity contribution < 1.29 is 14.6 Å². The van der Waals surface area contributed by atoms with E-state index in [0.717, 1.165) is 10.2 Å². The standard InChI is InChI=1S/C13H18BrNO3/c1-2-11(16)9-15-13(17)6-7-18-12-5-3-4-10(14)8-12/h3-5,8,11,16H,2,6-7,9H2,1H3,(H,15,17). The summed E-state index contributed by atoms with van der Waals surface area (Å²) in [6.07, 6.45) is 0.442. The molecule has 1 unspecified atom stereocenters. The Balaban J connectivity index is 2.19. The summed E-state index contributed by atoms with van der Waals surface area (Å²) >= 11 is 3.34. The number of amides is 1. The first-order valence-electron chi connectivity index (χ1n) is 5.95. The van der Waals surface area contributed by atoms with E-state index in [1.165, 1.54) is 0 Å². The average Bonchev–Trinajstić information content (AvgIpc) is 2.36. The van der Waals surface area contributed by atoms with Crippen molar-refractivity contribution in [2.75, 3.05) is 13.2 Å². The molecule has 1 amide bonds. The van der Waals surface area contributed by atoms with Gasteiger partial charge in [-0.05, 0) is 24.6 Å². The molecule has 0 saturated carbocycles. The summed E-state index contributed by atoms with van der Waals surface area (Å²) in [4.78, 5) is 11.4. The van der Waals surface area contributed by atoms with Crippen LogP contribution < -0.4 is 10.1 Å². The van der Waals surface area contributed by atoms with Crippen molar-refractivity contribution in [3.05, 3.63) is 28.7 Å². The van der Waals surface area contributed by atoms with Gasteiger partial charge < -0.3 is 15.2 Å². The number of halogens is 1. The number of hydrogen-bond donors (Lipinski definition) is 2. The van der Waals surface area contributed by atoms with Gasteiger partial charge in [0.25, 0.3) is 0 Å². The van der Waals surface area contributed by atoms with Crippen molar-refractivity contribution in [1.82, 2.24) is 5.32 Å². The molecule has 0 aliphatic rings. The summed E-state index contributed by atoms with van der Waals surface area (Å²) < 4.78 is 6.38. The van der Waals surface area contributed by atoms with Crippen LogP contribution in [-0.2, 0) is 4.79 Å². The predicted octanol–water partition coefficient (Wildman–Crippen LogP) is 2.11.